The first kappa shape index (κ1) is 12.5. The van der Waals surface area contributed by atoms with Crippen LogP contribution in [0.2, 0.25) is 0 Å². The molecule has 1 atom stereocenters. The summed E-state index contributed by atoms with van der Waals surface area (Å²) in [6.07, 6.45) is 6.58. The predicted molar refractivity (Wildman–Crippen MR) is 78.0 cm³/mol. The SMILES string of the molecule is NC1=NCC(C2(c3cc[c]cc3)CCCCC2)CN1. The Morgan fingerprint density at radius 3 is 2.58 bits per heavy atom. The van der Waals surface area contributed by atoms with E-state index in [1.54, 1.807) is 0 Å². The Bertz CT molecular complexity index is 446. The molecule has 0 bridgehead atoms. The summed E-state index contributed by atoms with van der Waals surface area (Å²) < 4.78 is 0. The van der Waals surface area contributed by atoms with E-state index in [9.17, 15) is 0 Å². The molecule has 3 nitrogen and oxygen atoms in total. The summed E-state index contributed by atoms with van der Waals surface area (Å²) in [5.74, 6) is 1.16. The Hall–Kier alpha value is -1.51. The molecule has 1 unspecified atom stereocenters. The van der Waals surface area contributed by atoms with Gasteiger partial charge in [0.2, 0.25) is 0 Å². The van der Waals surface area contributed by atoms with Gasteiger partial charge in [-0.25, -0.2) is 0 Å². The first-order chi connectivity index (χ1) is 9.31. The first-order valence-electron chi connectivity index (χ1n) is 7.32. The number of hydrogen-bond acceptors (Lipinski definition) is 3. The number of aliphatic imine (C=N–C) groups is 1. The van der Waals surface area contributed by atoms with Crippen molar-refractivity contribution in [1.29, 1.82) is 0 Å². The summed E-state index contributed by atoms with van der Waals surface area (Å²) >= 11 is 0. The van der Waals surface area contributed by atoms with Gasteiger partial charge in [-0.2, -0.15) is 0 Å². The van der Waals surface area contributed by atoms with Crippen LogP contribution >= 0.6 is 0 Å². The zero-order chi connectivity index (χ0) is 13.1. The van der Waals surface area contributed by atoms with Crippen molar-refractivity contribution in [2.24, 2.45) is 16.6 Å². The summed E-state index contributed by atoms with van der Waals surface area (Å²) in [6.45, 7) is 1.81. The number of nitrogens with one attached hydrogen (secondary N) is 1. The normalized spacial score (nSPS) is 26.3. The van der Waals surface area contributed by atoms with Gasteiger partial charge in [0.25, 0.3) is 0 Å². The van der Waals surface area contributed by atoms with E-state index in [2.05, 4.69) is 28.5 Å². The molecule has 3 rings (SSSR count). The van der Waals surface area contributed by atoms with Crippen LogP contribution in [0.25, 0.3) is 0 Å². The average molecular weight is 256 g/mol. The Morgan fingerprint density at radius 2 is 1.95 bits per heavy atom. The number of guanidine groups is 1. The van der Waals surface area contributed by atoms with Gasteiger partial charge in [-0.05, 0) is 24.5 Å². The minimum atomic E-state index is 0.282. The van der Waals surface area contributed by atoms with Crippen LogP contribution in [0.5, 0.6) is 0 Å². The Balaban J connectivity index is 1.93. The van der Waals surface area contributed by atoms with Crippen molar-refractivity contribution < 1.29 is 0 Å². The molecule has 1 aliphatic carbocycles. The molecule has 1 aliphatic heterocycles. The lowest BCUT2D eigenvalue weighted by atomic mass is 9.61. The van der Waals surface area contributed by atoms with Crippen LogP contribution in [0.1, 0.15) is 37.7 Å². The second-order valence-corrected chi connectivity index (χ2v) is 5.81. The zero-order valence-corrected chi connectivity index (χ0v) is 11.4. The quantitative estimate of drug-likeness (QED) is 0.852. The number of nitrogens with zero attached hydrogens (tertiary/aromatic N) is 1. The molecule has 1 fully saturated rings. The van der Waals surface area contributed by atoms with Crippen LogP contribution in [0.3, 0.4) is 0 Å². The highest BCUT2D eigenvalue weighted by Gasteiger charge is 2.41. The molecular weight excluding hydrogens is 234 g/mol. The number of rotatable bonds is 2. The molecule has 3 heteroatoms. The van der Waals surface area contributed by atoms with Gasteiger partial charge in [0.05, 0.1) is 0 Å². The van der Waals surface area contributed by atoms with E-state index in [4.69, 9.17) is 5.73 Å². The lowest BCUT2D eigenvalue weighted by Crippen LogP contribution is -2.50. The molecule has 0 saturated heterocycles. The van der Waals surface area contributed by atoms with Crippen molar-refractivity contribution in [1.82, 2.24) is 5.32 Å². The van der Waals surface area contributed by atoms with E-state index >= 15 is 0 Å². The largest absolute Gasteiger partial charge is 0.370 e. The fourth-order valence-corrected chi connectivity index (χ4v) is 3.76. The Kier molecular flexibility index (Phi) is 3.45. The minimum Gasteiger partial charge on any atom is -0.370 e. The molecule has 101 valence electrons. The second kappa shape index (κ2) is 5.24. The molecule has 1 heterocycles. The standard InChI is InChI=1S/C16H22N3/c17-15-18-11-14(12-19-15)16(9-5-2-6-10-16)13-7-3-1-4-8-13/h3-4,7-8,14H,2,5-6,9-12H2,(H3,17,18,19). The average Bonchev–Trinajstić information content (AvgIpc) is 2.49. The van der Waals surface area contributed by atoms with Crippen LogP contribution in [-0.4, -0.2) is 19.0 Å². The van der Waals surface area contributed by atoms with Crippen molar-refractivity contribution in [2.75, 3.05) is 13.1 Å². The molecule has 1 aromatic carbocycles. The van der Waals surface area contributed by atoms with E-state index in [0.29, 0.717) is 11.9 Å². The molecule has 0 aromatic heterocycles. The van der Waals surface area contributed by atoms with E-state index in [0.717, 1.165) is 13.1 Å². The highest BCUT2D eigenvalue weighted by Crippen LogP contribution is 2.45. The van der Waals surface area contributed by atoms with Crippen LogP contribution in [0, 0.1) is 12.0 Å². The van der Waals surface area contributed by atoms with E-state index in [1.807, 2.05) is 12.1 Å². The minimum absolute atomic E-state index is 0.282. The van der Waals surface area contributed by atoms with Crippen LogP contribution in [0.15, 0.2) is 29.3 Å². The van der Waals surface area contributed by atoms with E-state index in [1.165, 1.54) is 37.7 Å². The maximum Gasteiger partial charge on any atom is 0.188 e. The Morgan fingerprint density at radius 1 is 1.21 bits per heavy atom. The van der Waals surface area contributed by atoms with Crippen LogP contribution in [-0.2, 0) is 5.41 Å². The molecule has 3 N–H and O–H groups in total. The summed E-state index contributed by atoms with van der Waals surface area (Å²) in [4.78, 5) is 4.43. The second-order valence-electron chi connectivity index (χ2n) is 5.81. The zero-order valence-electron chi connectivity index (χ0n) is 11.4. The Labute approximate surface area is 115 Å². The molecule has 0 spiro atoms. The third-order valence-electron chi connectivity index (χ3n) is 4.83. The van der Waals surface area contributed by atoms with Crippen molar-refractivity contribution in [3.63, 3.8) is 0 Å². The molecule has 2 aliphatic rings. The van der Waals surface area contributed by atoms with Crippen LogP contribution in [0.4, 0.5) is 0 Å². The van der Waals surface area contributed by atoms with Gasteiger partial charge in [0, 0.05) is 24.4 Å². The van der Waals surface area contributed by atoms with Crippen molar-refractivity contribution in [2.45, 2.75) is 37.5 Å². The van der Waals surface area contributed by atoms with Crippen LogP contribution < -0.4 is 11.1 Å². The predicted octanol–water partition coefficient (Wildman–Crippen LogP) is 2.22. The maximum absolute atomic E-state index is 5.74. The summed E-state index contributed by atoms with van der Waals surface area (Å²) in [6, 6.07) is 11.7. The third kappa shape index (κ3) is 2.34. The van der Waals surface area contributed by atoms with Gasteiger partial charge in [-0.15, -0.1) is 0 Å². The monoisotopic (exact) mass is 256 g/mol. The highest BCUT2D eigenvalue weighted by atomic mass is 15.1. The van der Waals surface area contributed by atoms with Crippen molar-refractivity contribution >= 4 is 5.96 Å². The highest BCUT2D eigenvalue weighted by molar-refractivity contribution is 5.78. The van der Waals surface area contributed by atoms with Gasteiger partial charge in [-0.1, -0.05) is 43.5 Å². The van der Waals surface area contributed by atoms with E-state index in [-0.39, 0.29) is 5.41 Å². The van der Waals surface area contributed by atoms with Gasteiger partial charge < -0.3 is 11.1 Å². The summed E-state index contributed by atoms with van der Waals surface area (Å²) in [5.41, 5.74) is 7.49. The fourth-order valence-electron chi connectivity index (χ4n) is 3.76. The lowest BCUT2D eigenvalue weighted by molar-refractivity contribution is 0.191. The smallest absolute Gasteiger partial charge is 0.188 e. The number of nitrogens with two attached hydrogens (primary N) is 1. The first-order valence-corrected chi connectivity index (χ1v) is 7.32. The van der Waals surface area contributed by atoms with E-state index < -0.39 is 0 Å². The maximum atomic E-state index is 5.74. The van der Waals surface area contributed by atoms with Gasteiger partial charge in [-0.3, -0.25) is 4.99 Å². The molecule has 1 saturated carbocycles. The summed E-state index contributed by atoms with van der Waals surface area (Å²) in [5, 5.41) is 3.24. The topological polar surface area (TPSA) is 50.4 Å². The molecule has 0 amide bonds. The van der Waals surface area contributed by atoms with Gasteiger partial charge in [0.15, 0.2) is 5.96 Å². The third-order valence-corrected chi connectivity index (χ3v) is 4.83. The molecule has 1 aromatic rings. The molecule has 19 heavy (non-hydrogen) atoms. The van der Waals surface area contributed by atoms with Gasteiger partial charge in [0.1, 0.15) is 0 Å². The van der Waals surface area contributed by atoms with Crippen molar-refractivity contribution in [3.05, 3.63) is 35.9 Å². The van der Waals surface area contributed by atoms with Gasteiger partial charge >= 0.3 is 0 Å². The van der Waals surface area contributed by atoms with Crippen molar-refractivity contribution in [3.8, 4) is 0 Å². The summed E-state index contributed by atoms with van der Waals surface area (Å²) in [7, 11) is 0. The molecular formula is C16H22N3. The number of hydrogen-bond donors (Lipinski definition) is 2. The number of benzene rings is 1. The molecule has 1 radical (unpaired) electrons. The lowest BCUT2D eigenvalue weighted by Gasteiger charge is -2.45. The fraction of sp³-hybridized carbons (Fsp3) is 0.562.